The van der Waals surface area contributed by atoms with E-state index in [-0.39, 0.29) is 6.10 Å². The van der Waals surface area contributed by atoms with E-state index in [4.69, 9.17) is 20.2 Å². The first-order valence-corrected chi connectivity index (χ1v) is 10.3. The molecule has 1 atom stereocenters. The quantitative estimate of drug-likeness (QED) is 0.495. The topological polar surface area (TPSA) is 100 Å². The van der Waals surface area contributed by atoms with Gasteiger partial charge in [0, 0.05) is 18.7 Å². The van der Waals surface area contributed by atoms with Crippen molar-refractivity contribution in [2.75, 3.05) is 31.3 Å². The molecule has 0 aliphatic carbocycles. The van der Waals surface area contributed by atoms with E-state index in [2.05, 4.69) is 15.4 Å². The Bertz CT molecular complexity index is 1200. The van der Waals surface area contributed by atoms with Gasteiger partial charge in [-0.05, 0) is 37.1 Å². The molecule has 4 aromatic rings. The minimum Gasteiger partial charge on any atom is -0.497 e. The summed E-state index contributed by atoms with van der Waals surface area (Å²) in [5.74, 6) is 1.73. The number of hydrogen-bond acceptors (Lipinski definition) is 7. The Morgan fingerprint density at radius 3 is 2.81 bits per heavy atom. The number of aromatic nitrogens is 4. The van der Waals surface area contributed by atoms with E-state index in [9.17, 15) is 0 Å². The molecule has 8 nitrogen and oxygen atoms in total. The summed E-state index contributed by atoms with van der Waals surface area (Å²) in [6.07, 6.45) is 2.29. The maximum absolute atomic E-state index is 6.55. The zero-order chi connectivity index (χ0) is 21.2. The van der Waals surface area contributed by atoms with Crippen molar-refractivity contribution in [3.63, 3.8) is 0 Å². The lowest BCUT2D eigenvalue weighted by Gasteiger charge is -2.12. The first kappa shape index (κ1) is 19.3. The third kappa shape index (κ3) is 3.77. The van der Waals surface area contributed by atoms with Crippen LogP contribution in [0.15, 0.2) is 54.6 Å². The highest BCUT2D eigenvalue weighted by molar-refractivity contribution is 5.99. The van der Waals surface area contributed by atoms with E-state index in [0.29, 0.717) is 35.0 Å². The smallest absolute Gasteiger partial charge is 0.225 e. The van der Waals surface area contributed by atoms with Crippen LogP contribution in [0.25, 0.3) is 28.0 Å². The summed E-state index contributed by atoms with van der Waals surface area (Å²) in [6, 6.07) is 17.5. The fraction of sp³-hybridized carbons (Fsp3) is 0.261. The highest BCUT2D eigenvalue weighted by Gasteiger charge is 2.21. The van der Waals surface area contributed by atoms with Gasteiger partial charge in [0.2, 0.25) is 5.95 Å². The maximum atomic E-state index is 6.55. The second kappa shape index (κ2) is 8.23. The average molecular weight is 416 g/mol. The van der Waals surface area contributed by atoms with Crippen molar-refractivity contribution in [1.82, 2.24) is 19.7 Å². The Morgan fingerprint density at radius 2 is 2.03 bits per heavy atom. The predicted octanol–water partition coefficient (Wildman–Crippen LogP) is 3.66. The van der Waals surface area contributed by atoms with Crippen molar-refractivity contribution < 1.29 is 9.47 Å². The number of methoxy groups -OCH3 is 1. The van der Waals surface area contributed by atoms with E-state index < -0.39 is 0 Å². The molecular formula is C23H24N6O2. The largest absolute Gasteiger partial charge is 0.497 e. The highest BCUT2D eigenvalue weighted by atomic mass is 16.5. The summed E-state index contributed by atoms with van der Waals surface area (Å²) in [5, 5.41) is 8.72. The Kier molecular flexibility index (Phi) is 5.13. The van der Waals surface area contributed by atoms with Gasteiger partial charge in [-0.15, -0.1) is 5.10 Å². The van der Waals surface area contributed by atoms with Gasteiger partial charge in [-0.1, -0.05) is 30.3 Å². The number of nitrogen functional groups attached to an aromatic ring is 1. The van der Waals surface area contributed by atoms with Crippen molar-refractivity contribution >= 4 is 22.8 Å². The van der Waals surface area contributed by atoms with Crippen LogP contribution in [0.1, 0.15) is 12.8 Å². The minimum atomic E-state index is 0.173. The number of para-hydroxylation sites is 1. The molecule has 1 saturated heterocycles. The molecule has 8 heteroatoms. The molecule has 2 aromatic heterocycles. The van der Waals surface area contributed by atoms with E-state index in [1.165, 1.54) is 0 Å². The van der Waals surface area contributed by atoms with Crippen LogP contribution in [0.3, 0.4) is 0 Å². The molecule has 0 spiro atoms. The van der Waals surface area contributed by atoms with Crippen molar-refractivity contribution in [2.45, 2.75) is 18.9 Å². The second-order valence-electron chi connectivity index (χ2n) is 7.47. The van der Waals surface area contributed by atoms with Crippen molar-refractivity contribution in [2.24, 2.45) is 0 Å². The van der Waals surface area contributed by atoms with Crippen LogP contribution in [-0.2, 0) is 4.74 Å². The summed E-state index contributed by atoms with van der Waals surface area (Å²) in [4.78, 5) is 9.46. The molecule has 158 valence electrons. The van der Waals surface area contributed by atoms with E-state index >= 15 is 0 Å². The number of benzene rings is 2. The number of nitrogens with zero attached hydrogens (tertiary/aromatic N) is 4. The normalized spacial score (nSPS) is 16.0. The SMILES string of the molecule is COc1cccc(-c2nc(NC[C@H]3CCCO3)nc3nn(-c4ccccc4)c(N)c23)c1. The molecule has 0 amide bonds. The van der Waals surface area contributed by atoms with Gasteiger partial charge in [0.25, 0.3) is 0 Å². The zero-order valence-electron chi connectivity index (χ0n) is 17.3. The van der Waals surface area contributed by atoms with Gasteiger partial charge in [0.05, 0.1) is 30.0 Å². The molecule has 0 saturated carbocycles. The third-order valence-corrected chi connectivity index (χ3v) is 5.42. The fourth-order valence-electron chi connectivity index (χ4n) is 3.85. The number of hydrogen-bond donors (Lipinski definition) is 2. The van der Waals surface area contributed by atoms with Crippen LogP contribution < -0.4 is 15.8 Å². The Balaban J connectivity index is 1.64. The summed E-state index contributed by atoms with van der Waals surface area (Å²) in [6.45, 7) is 1.46. The predicted molar refractivity (Wildman–Crippen MR) is 121 cm³/mol. The number of nitrogens with one attached hydrogen (secondary N) is 1. The van der Waals surface area contributed by atoms with Crippen molar-refractivity contribution in [1.29, 1.82) is 0 Å². The number of anilines is 2. The summed E-state index contributed by atoms with van der Waals surface area (Å²) in [5.41, 5.74) is 9.54. The van der Waals surface area contributed by atoms with Gasteiger partial charge >= 0.3 is 0 Å². The molecule has 0 unspecified atom stereocenters. The zero-order valence-corrected chi connectivity index (χ0v) is 17.3. The Morgan fingerprint density at radius 1 is 1.16 bits per heavy atom. The van der Waals surface area contributed by atoms with Gasteiger partial charge in [-0.2, -0.15) is 4.98 Å². The van der Waals surface area contributed by atoms with Gasteiger partial charge in [-0.25, -0.2) is 9.67 Å². The van der Waals surface area contributed by atoms with Crippen LogP contribution in [0, 0.1) is 0 Å². The average Bonchev–Trinajstić information content (AvgIpc) is 3.46. The van der Waals surface area contributed by atoms with Crippen molar-refractivity contribution in [3.05, 3.63) is 54.6 Å². The lowest BCUT2D eigenvalue weighted by molar-refractivity contribution is 0.120. The number of ether oxygens (including phenoxy) is 2. The summed E-state index contributed by atoms with van der Waals surface area (Å²) >= 11 is 0. The molecule has 3 N–H and O–H groups in total. The number of fused-ring (bicyclic) bond motifs is 1. The van der Waals surface area contributed by atoms with Crippen LogP contribution in [0.5, 0.6) is 5.75 Å². The molecule has 0 bridgehead atoms. The summed E-state index contributed by atoms with van der Waals surface area (Å²) < 4.78 is 12.8. The van der Waals surface area contributed by atoms with Crippen LogP contribution in [-0.4, -0.2) is 46.1 Å². The first-order valence-electron chi connectivity index (χ1n) is 10.3. The molecule has 3 heterocycles. The standard InChI is InChI=1S/C23H24N6O2/c1-30-17-10-5-7-15(13-17)20-19-21(24)29(16-8-3-2-4-9-16)28-22(19)27-23(26-20)25-14-18-11-6-12-31-18/h2-5,7-10,13,18H,6,11-12,14,24H2,1H3,(H,25,27,28)/t18-/m1/s1. The first-order chi connectivity index (χ1) is 15.2. The lowest BCUT2D eigenvalue weighted by atomic mass is 10.1. The summed E-state index contributed by atoms with van der Waals surface area (Å²) in [7, 11) is 1.64. The molecular weight excluding hydrogens is 392 g/mol. The Labute approximate surface area is 180 Å². The molecule has 5 rings (SSSR count). The fourth-order valence-corrected chi connectivity index (χ4v) is 3.85. The Hall–Kier alpha value is -3.65. The minimum absolute atomic E-state index is 0.173. The highest BCUT2D eigenvalue weighted by Crippen LogP contribution is 2.34. The molecule has 0 radical (unpaired) electrons. The van der Waals surface area contributed by atoms with E-state index in [0.717, 1.165) is 36.4 Å². The van der Waals surface area contributed by atoms with Gasteiger partial charge in [-0.3, -0.25) is 0 Å². The van der Waals surface area contributed by atoms with Gasteiger partial charge in [0.1, 0.15) is 11.6 Å². The van der Waals surface area contributed by atoms with E-state index in [1.807, 2.05) is 54.6 Å². The number of nitrogens with two attached hydrogens (primary N) is 1. The van der Waals surface area contributed by atoms with Gasteiger partial charge in [0.15, 0.2) is 5.65 Å². The monoisotopic (exact) mass is 416 g/mol. The van der Waals surface area contributed by atoms with Crippen molar-refractivity contribution in [3.8, 4) is 22.7 Å². The molecule has 31 heavy (non-hydrogen) atoms. The lowest BCUT2D eigenvalue weighted by Crippen LogP contribution is -2.19. The molecule has 1 fully saturated rings. The second-order valence-corrected chi connectivity index (χ2v) is 7.47. The van der Waals surface area contributed by atoms with E-state index in [1.54, 1.807) is 11.8 Å². The van der Waals surface area contributed by atoms with Crippen LogP contribution in [0.4, 0.5) is 11.8 Å². The molecule has 1 aliphatic heterocycles. The number of rotatable bonds is 6. The maximum Gasteiger partial charge on any atom is 0.225 e. The third-order valence-electron chi connectivity index (χ3n) is 5.42. The molecule has 2 aromatic carbocycles. The molecule has 1 aliphatic rings. The van der Waals surface area contributed by atoms with Gasteiger partial charge < -0.3 is 20.5 Å². The van der Waals surface area contributed by atoms with Crippen LogP contribution in [0.2, 0.25) is 0 Å². The van der Waals surface area contributed by atoms with Crippen LogP contribution >= 0.6 is 0 Å².